The molecule has 0 aliphatic carbocycles. The summed E-state index contributed by atoms with van der Waals surface area (Å²) in [4.78, 5) is 18.3. The minimum absolute atomic E-state index is 0.165. The summed E-state index contributed by atoms with van der Waals surface area (Å²) in [5, 5.41) is 4.13. The molecule has 2 heterocycles. The summed E-state index contributed by atoms with van der Waals surface area (Å²) in [6.45, 7) is 6.67. The third-order valence-corrected chi connectivity index (χ3v) is 3.81. The number of likely N-dealkylation sites (tertiary alicyclic amines) is 1. The highest BCUT2D eigenvalue weighted by Gasteiger charge is 2.33. The molecule has 1 aliphatic heterocycles. The maximum atomic E-state index is 12.4. The Kier molecular flexibility index (Phi) is 4.19. The van der Waals surface area contributed by atoms with Crippen LogP contribution in [-0.4, -0.2) is 45.2 Å². The Labute approximate surface area is 114 Å². The van der Waals surface area contributed by atoms with Crippen LogP contribution in [0.5, 0.6) is 0 Å². The number of rotatable bonds is 4. The summed E-state index contributed by atoms with van der Waals surface area (Å²) >= 11 is 0. The van der Waals surface area contributed by atoms with E-state index < -0.39 is 5.41 Å². The van der Waals surface area contributed by atoms with E-state index in [0.29, 0.717) is 12.5 Å². The van der Waals surface area contributed by atoms with E-state index in [2.05, 4.69) is 10.1 Å². The Morgan fingerprint density at radius 2 is 2.32 bits per heavy atom. The van der Waals surface area contributed by atoms with Gasteiger partial charge in [-0.3, -0.25) is 9.48 Å². The monoisotopic (exact) mass is 265 g/mol. The average molecular weight is 265 g/mol. The highest BCUT2D eigenvalue weighted by atomic mass is 16.2. The lowest BCUT2D eigenvalue weighted by Gasteiger charge is -2.37. The lowest BCUT2D eigenvalue weighted by molar-refractivity contribution is -0.141. The van der Waals surface area contributed by atoms with Crippen molar-refractivity contribution in [1.82, 2.24) is 19.7 Å². The van der Waals surface area contributed by atoms with Crippen molar-refractivity contribution in [3.8, 4) is 0 Å². The number of aromatic nitrogens is 3. The quantitative estimate of drug-likeness (QED) is 0.860. The van der Waals surface area contributed by atoms with Crippen molar-refractivity contribution in [2.75, 3.05) is 19.6 Å². The second-order valence-electron chi connectivity index (χ2n) is 5.96. The number of carbonyl (C=O) groups is 1. The van der Waals surface area contributed by atoms with E-state index in [1.54, 1.807) is 12.7 Å². The van der Waals surface area contributed by atoms with Crippen molar-refractivity contribution < 1.29 is 4.79 Å². The van der Waals surface area contributed by atoms with Crippen LogP contribution in [0.3, 0.4) is 0 Å². The normalized spacial score (nSPS) is 20.6. The van der Waals surface area contributed by atoms with Gasteiger partial charge in [-0.1, -0.05) is 0 Å². The molecule has 1 fully saturated rings. The molecule has 19 heavy (non-hydrogen) atoms. The summed E-state index contributed by atoms with van der Waals surface area (Å²) in [6.07, 6.45) is 5.45. The molecule has 1 aromatic rings. The zero-order chi connectivity index (χ0) is 13.9. The molecule has 0 radical (unpaired) electrons. The lowest BCUT2D eigenvalue weighted by Crippen LogP contribution is -2.49. The molecule has 1 saturated heterocycles. The van der Waals surface area contributed by atoms with Gasteiger partial charge in [0.25, 0.3) is 0 Å². The summed E-state index contributed by atoms with van der Waals surface area (Å²) in [5.74, 6) is 0.617. The summed E-state index contributed by atoms with van der Waals surface area (Å²) in [6, 6.07) is 0. The van der Waals surface area contributed by atoms with Crippen LogP contribution in [0.1, 0.15) is 26.7 Å². The third-order valence-electron chi connectivity index (χ3n) is 3.81. The second-order valence-corrected chi connectivity index (χ2v) is 5.96. The molecular weight excluding hydrogens is 242 g/mol. The van der Waals surface area contributed by atoms with Crippen molar-refractivity contribution in [3.05, 3.63) is 12.7 Å². The minimum Gasteiger partial charge on any atom is -0.342 e. The van der Waals surface area contributed by atoms with E-state index in [4.69, 9.17) is 5.73 Å². The van der Waals surface area contributed by atoms with Gasteiger partial charge >= 0.3 is 0 Å². The molecule has 6 nitrogen and oxygen atoms in total. The zero-order valence-corrected chi connectivity index (χ0v) is 11.7. The number of amides is 1. The van der Waals surface area contributed by atoms with Crippen LogP contribution in [0.4, 0.5) is 0 Å². The van der Waals surface area contributed by atoms with Gasteiger partial charge in [-0.2, -0.15) is 5.10 Å². The van der Waals surface area contributed by atoms with Crippen LogP contribution >= 0.6 is 0 Å². The number of hydrogen-bond acceptors (Lipinski definition) is 4. The van der Waals surface area contributed by atoms with E-state index >= 15 is 0 Å². The molecule has 1 atom stereocenters. The fraction of sp³-hybridized carbons (Fsp3) is 0.769. The van der Waals surface area contributed by atoms with Crippen molar-refractivity contribution in [1.29, 1.82) is 0 Å². The third kappa shape index (κ3) is 3.32. The number of nitrogens with two attached hydrogens (primary N) is 1. The average Bonchev–Trinajstić information content (AvgIpc) is 2.91. The van der Waals surface area contributed by atoms with Gasteiger partial charge < -0.3 is 10.6 Å². The Morgan fingerprint density at radius 3 is 2.95 bits per heavy atom. The first kappa shape index (κ1) is 14.0. The first-order chi connectivity index (χ1) is 9.03. The van der Waals surface area contributed by atoms with Crippen molar-refractivity contribution in [3.63, 3.8) is 0 Å². The number of carbonyl (C=O) groups excluding carboxylic acids is 1. The Balaban J connectivity index is 1.95. The predicted molar refractivity (Wildman–Crippen MR) is 72.2 cm³/mol. The molecule has 106 valence electrons. The molecule has 0 aromatic carbocycles. The second kappa shape index (κ2) is 5.69. The van der Waals surface area contributed by atoms with E-state index in [0.717, 1.165) is 32.5 Å². The first-order valence-electron chi connectivity index (χ1n) is 6.85. The van der Waals surface area contributed by atoms with Gasteiger partial charge in [0.05, 0.1) is 5.41 Å². The molecule has 0 spiro atoms. The van der Waals surface area contributed by atoms with Crippen LogP contribution < -0.4 is 5.73 Å². The fourth-order valence-corrected chi connectivity index (χ4v) is 2.51. The molecule has 0 bridgehead atoms. The van der Waals surface area contributed by atoms with Crippen molar-refractivity contribution in [2.45, 2.75) is 33.2 Å². The van der Waals surface area contributed by atoms with Gasteiger partial charge in [-0.15, -0.1) is 0 Å². The van der Waals surface area contributed by atoms with Gasteiger partial charge in [0, 0.05) is 26.2 Å². The Bertz CT molecular complexity index is 415. The number of nitrogens with zero attached hydrogens (tertiary/aromatic N) is 4. The van der Waals surface area contributed by atoms with Crippen LogP contribution in [0.2, 0.25) is 0 Å². The number of hydrogen-bond donors (Lipinski definition) is 1. The summed E-state index contributed by atoms with van der Waals surface area (Å²) in [7, 11) is 0. The molecule has 1 amide bonds. The smallest absolute Gasteiger partial charge is 0.229 e. The van der Waals surface area contributed by atoms with E-state index in [1.807, 2.05) is 23.4 Å². The molecule has 0 unspecified atom stereocenters. The van der Waals surface area contributed by atoms with Crippen molar-refractivity contribution in [2.24, 2.45) is 17.1 Å². The standard InChI is InChI=1S/C13H23N5O/c1-13(2,8-14)12(19)17-5-3-4-11(6-17)7-18-10-15-9-16-18/h9-11H,3-8,14H2,1-2H3/t11-/m0/s1. The molecule has 1 aromatic heterocycles. The van der Waals surface area contributed by atoms with Gasteiger partial charge in [0.15, 0.2) is 0 Å². The van der Waals surface area contributed by atoms with E-state index in [1.165, 1.54) is 0 Å². The van der Waals surface area contributed by atoms with E-state index in [9.17, 15) is 4.79 Å². The van der Waals surface area contributed by atoms with E-state index in [-0.39, 0.29) is 5.91 Å². The molecular formula is C13H23N5O. The van der Waals surface area contributed by atoms with Crippen LogP contribution in [0, 0.1) is 11.3 Å². The minimum atomic E-state index is -0.463. The van der Waals surface area contributed by atoms with Gasteiger partial charge in [0.1, 0.15) is 12.7 Å². The SMILES string of the molecule is CC(C)(CN)C(=O)N1CCC[C@H](Cn2cncn2)C1. The summed E-state index contributed by atoms with van der Waals surface area (Å²) < 4.78 is 1.84. The largest absolute Gasteiger partial charge is 0.342 e. The lowest BCUT2D eigenvalue weighted by atomic mass is 9.89. The molecule has 2 N–H and O–H groups in total. The summed E-state index contributed by atoms with van der Waals surface area (Å²) in [5.41, 5.74) is 5.23. The molecule has 0 saturated carbocycles. The van der Waals surface area contributed by atoms with Crippen molar-refractivity contribution >= 4 is 5.91 Å². The predicted octanol–water partition coefficient (Wildman–Crippen LogP) is 0.502. The molecule has 2 rings (SSSR count). The maximum absolute atomic E-state index is 12.4. The van der Waals surface area contributed by atoms with Gasteiger partial charge in [-0.25, -0.2) is 4.98 Å². The van der Waals surface area contributed by atoms with Gasteiger partial charge in [-0.05, 0) is 32.6 Å². The van der Waals surface area contributed by atoms with Crippen LogP contribution in [0.15, 0.2) is 12.7 Å². The Morgan fingerprint density at radius 1 is 1.53 bits per heavy atom. The Hall–Kier alpha value is -1.43. The topological polar surface area (TPSA) is 77.0 Å². The zero-order valence-electron chi connectivity index (χ0n) is 11.7. The molecule has 6 heteroatoms. The highest BCUT2D eigenvalue weighted by Crippen LogP contribution is 2.23. The van der Waals surface area contributed by atoms with Gasteiger partial charge in [0.2, 0.25) is 5.91 Å². The maximum Gasteiger partial charge on any atom is 0.229 e. The van der Waals surface area contributed by atoms with Crippen LogP contribution in [0.25, 0.3) is 0 Å². The fourth-order valence-electron chi connectivity index (χ4n) is 2.51. The van der Waals surface area contributed by atoms with Crippen LogP contribution in [-0.2, 0) is 11.3 Å². The molecule has 1 aliphatic rings. The highest BCUT2D eigenvalue weighted by molar-refractivity contribution is 5.82. The number of piperidine rings is 1. The first-order valence-corrected chi connectivity index (χ1v) is 6.85.